The summed E-state index contributed by atoms with van der Waals surface area (Å²) in [4.78, 5) is 0. The van der Waals surface area contributed by atoms with Gasteiger partial charge in [0, 0.05) is 0 Å². The molecule has 0 fully saturated rings. The van der Waals surface area contributed by atoms with Crippen molar-refractivity contribution >= 4 is 40.2 Å². The molecular formula is C22H23BrP+. The zero-order valence-corrected chi connectivity index (χ0v) is 16.3. The van der Waals surface area contributed by atoms with E-state index in [9.17, 15) is 0 Å². The van der Waals surface area contributed by atoms with Crippen LogP contribution in [0.2, 0.25) is 0 Å². The Bertz CT molecular complexity index is 642. The van der Waals surface area contributed by atoms with Crippen LogP contribution in [-0.4, -0.2) is 6.16 Å². The highest BCUT2D eigenvalue weighted by atomic mass is 79.9. The highest BCUT2D eigenvalue weighted by Crippen LogP contribution is 2.55. The van der Waals surface area contributed by atoms with Gasteiger partial charge in [0.25, 0.3) is 0 Å². The summed E-state index contributed by atoms with van der Waals surface area (Å²) < 4.78 is 0. The zero-order valence-electron chi connectivity index (χ0n) is 13.7. The Balaban J connectivity index is 0.00000208. The predicted octanol–water partition coefficient (Wildman–Crippen LogP) is 5.13. The summed E-state index contributed by atoms with van der Waals surface area (Å²) >= 11 is 0. The summed E-state index contributed by atoms with van der Waals surface area (Å²) in [6.07, 6.45) is 4.19. The topological polar surface area (TPSA) is 0 Å². The maximum atomic E-state index is 3.96. The van der Waals surface area contributed by atoms with Crippen molar-refractivity contribution in [2.75, 3.05) is 6.16 Å². The fraction of sp³-hybridized carbons (Fsp3) is 0.0909. The fourth-order valence-corrected chi connectivity index (χ4v) is 7.45. The second-order valence-electron chi connectivity index (χ2n) is 5.62. The monoisotopic (exact) mass is 397 g/mol. The van der Waals surface area contributed by atoms with Gasteiger partial charge in [0.2, 0.25) is 0 Å². The van der Waals surface area contributed by atoms with Crippen molar-refractivity contribution in [2.24, 2.45) is 0 Å². The average molecular weight is 398 g/mol. The number of benzene rings is 3. The molecule has 122 valence electrons. The van der Waals surface area contributed by atoms with Crippen LogP contribution in [0.1, 0.15) is 6.42 Å². The van der Waals surface area contributed by atoms with Crippen LogP contribution in [0.15, 0.2) is 104 Å². The summed E-state index contributed by atoms with van der Waals surface area (Å²) in [7, 11) is -1.64. The largest absolute Gasteiger partial charge is 0.114 e. The number of halogens is 1. The lowest BCUT2D eigenvalue weighted by Crippen LogP contribution is -2.33. The van der Waals surface area contributed by atoms with E-state index in [1.165, 1.54) is 15.9 Å². The molecule has 3 aromatic carbocycles. The molecule has 3 rings (SSSR count). The Hall–Kier alpha value is -1.69. The molecule has 0 aliphatic carbocycles. The minimum absolute atomic E-state index is 0. The van der Waals surface area contributed by atoms with E-state index in [0.29, 0.717) is 0 Å². The van der Waals surface area contributed by atoms with Crippen molar-refractivity contribution < 1.29 is 0 Å². The van der Waals surface area contributed by atoms with Crippen molar-refractivity contribution in [2.45, 2.75) is 6.42 Å². The number of allylic oxidation sites excluding steroid dienone is 1. The van der Waals surface area contributed by atoms with Gasteiger partial charge in [-0.15, -0.1) is 23.6 Å². The summed E-state index contributed by atoms with van der Waals surface area (Å²) in [5.74, 6) is 0. The van der Waals surface area contributed by atoms with Crippen molar-refractivity contribution in [3.8, 4) is 0 Å². The van der Waals surface area contributed by atoms with Crippen molar-refractivity contribution in [3.63, 3.8) is 0 Å². The standard InChI is InChI=1S/C22H22P.BrH/c1-2-3-19-23(20-13-7-4-8-14-20,21-15-9-5-10-16-21)22-17-11-6-12-18-22;/h2,4-18H,1,3,19H2;1H/q+1;. The first-order valence-corrected chi connectivity index (χ1v) is 10.0. The summed E-state index contributed by atoms with van der Waals surface area (Å²) in [6, 6.07) is 33.0. The molecule has 0 saturated heterocycles. The molecule has 3 aromatic rings. The minimum atomic E-state index is -1.64. The molecule has 0 heterocycles. The normalized spacial score (nSPS) is 10.7. The lowest BCUT2D eigenvalue weighted by molar-refractivity contribution is 1.24. The van der Waals surface area contributed by atoms with Gasteiger partial charge in [0.05, 0.1) is 6.16 Å². The van der Waals surface area contributed by atoms with Gasteiger partial charge in [-0.1, -0.05) is 60.7 Å². The maximum absolute atomic E-state index is 3.96. The SMILES string of the molecule is Br.C=CCC[P+](c1ccccc1)(c1ccccc1)c1ccccc1. The van der Waals surface area contributed by atoms with Gasteiger partial charge < -0.3 is 0 Å². The maximum Gasteiger partial charge on any atom is 0.112 e. The Morgan fingerprint density at radius 2 is 0.958 bits per heavy atom. The molecule has 24 heavy (non-hydrogen) atoms. The van der Waals surface area contributed by atoms with E-state index < -0.39 is 7.26 Å². The number of rotatable bonds is 6. The van der Waals surface area contributed by atoms with Crippen LogP contribution < -0.4 is 15.9 Å². The molecule has 0 spiro atoms. The van der Waals surface area contributed by atoms with Crippen LogP contribution in [0, 0.1) is 0 Å². The Kier molecular flexibility index (Phi) is 6.97. The van der Waals surface area contributed by atoms with Gasteiger partial charge in [-0.2, -0.15) is 0 Å². The first-order chi connectivity index (χ1) is 11.4. The second-order valence-corrected chi connectivity index (χ2v) is 9.23. The van der Waals surface area contributed by atoms with Crippen LogP contribution in [0.5, 0.6) is 0 Å². The molecule has 0 aliphatic heterocycles. The lowest BCUT2D eigenvalue weighted by atomic mass is 10.3. The van der Waals surface area contributed by atoms with Gasteiger partial charge in [0.15, 0.2) is 0 Å². The Morgan fingerprint density at radius 3 is 1.25 bits per heavy atom. The van der Waals surface area contributed by atoms with Gasteiger partial charge in [-0.25, -0.2) is 0 Å². The molecule has 0 nitrogen and oxygen atoms in total. The predicted molar refractivity (Wildman–Crippen MR) is 115 cm³/mol. The van der Waals surface area contributed by atoms with Gasteiger partial charge in [-0.05, 0) is 42.8 Å². The van der Waals surface area contributed by atoms with E-state index in [4.69, 9.17) is 0 Å². The van der Waals surface area contributed by atoms with Gasteiger partial charge in [0.1, 0.15) is 23.2 Å². The van der Waals surface area contributed by atoms with Gasteiger partial charge in [-0.3, -0.25) is 0 Å². The number of hydrogen-bond donors (Lipinski definition) is 0. The van der Waals surface area contributed by atoms with Crippen molar-refractivity contribution in [3.05, 3.63) is 104 Å². The molecule has 0 aliphatic rings. The third-order valence-electron chi connectivity index (χ3n) is 4.26. The van der Waals surface area contributed by atoms with E-state index in [1.807, 2.05) is 6.08 Å². The first-order valence-electron chi connectivity index (χ1n) is 8.04. The van der Waals surface area contributed by atoms with E-state index in [1.54, 1.807) is 0 Å². The molecule has 0 aromatic heterocycles. The molecule has 0 N–H and O–H groups in total. The molecule has 0 radical (unpaired) electrons. The van der Waals surface area contributed by atoms with E-state index in [0.717, 1.165) is 12.6 Å². The first kappa shape index (κ1) is 18.6. The van der Waals surface area contributed by atoms with Crippen LogP contribution >= 0.6 is 24.2 Å². The van der Waals surface area contributed by atoms with Crippen LogP contribution in [0.4, 0.5) is 0 Å². The Morgan fingerprint density at radius 1 is 0.625 bits per heavy atom. The zero-order chi connectivity index (χ0) is 16.0. The molecule has 0 amide bonds. The third kappa shape index (κ3) is 3.69. The van der Waals surface area contributed by atoms with E-state index >= 15 is 0 Å². The van der Waals surface area contributed by atoms with Crippen LogP contribution in [0.25, 0.3) is 0 Å². The second kappa shape index (κ2) is 8.97. The van der Waals surface area contributed by atoms with Crippen molar-refractivity contribution in [1.82, 2.24) is 0 Å². The summed E-state index contributed by atoms with van der Waals surface area (Å²) in [6.45, 7) is 3.96. The highest BCUT2D eigenvalue weighted by Gasteiger charge is 2.44. The molecule has 0 atom stereocenters. The molecule has 0 bridgehead atoms. The summed E-state index contributed by atoms with van der Waals surface area (Å²) in [5, 5.41) is 4.33. The molecular weight excluding hydrogens is 375 g/mol. The third-order valence-corrected chi connectivity index (χ3v) is 8.73. The van der Waals surface area contributed by atoms with Crippen LogP contribution in [0.3, 0.4) is 0 Å². The van der Waals surface area contributed by atoms with Gasteiger partial charge >= 0.3 is 0 Å². The highest BCUT2D eigenvalue weighted by molar-refractivity contribution is 8.93. The molecule has 0 unspecified atom stereocenters. The molecule has 2 heteroatoms. The van der Waals surface area contributed by atoms with Crippen molar-refractivity contribution in [1.29, 1.82) is 0 Å². The Labute approximate surface area is 156 Å². The van der Waals surface area contributed by atoms with Crippen LogP contribution in [-0.2, 0) is 0 Å². The van der Waals surface area contributed by atoms with E-state index in [2.05, 4.69) is 97.6 Å². The minimum Gasteiger partial charge on any atom is -0.114 e. The smallest absolute Gasteiger partial charge is 0.112 e. The molecule has 0 saturated carbocycles. The lowest BCUT2D eigenvalue weighted by Gasteiger charge is -2.27. The number of hydrogen-bond acceptors (Lipinski definition) is 0. The quantitative estimate of drug-likeness (QED) is 0.399. The van der Waals surface area contributed by atoms with E-state index in [-0.39, 0.29) is 17.0 Å². The summed E-state index contributed by atoms with van der Waals surface area (Å²) in [5.41, 5.74) is 0. The average Bonchev–Trinajstić information content (AvgIpc) is 2.65. The fourth-order valence-electron chi connectivity index (χ4n) is 3.17.